The fourth-order valence-electron chi connectivity index (χ4n) is 1.82. The molecule has 3 amide bonds. The number of benzene rings is 1. The number of ether oxygens (including phenoxy) is 2. The lowest BCUT2D eigenvalue weighted by Gasteiger charge is -2.12. The van der Waals surface area contributed by atoms with Gasteiger partial charge in [0.15, 0.2) is 11.5 Å². The highest BCUT2D eigenvalue weighted by atomic mass is 35.5. The van der Waals surface area contributed by atoms with Crippen LogP contribution in [0.4, 0.5) is 4.79 Å². The summed E-state index contributed by atoms with van der Waals surface area (Å²) in [5, 5.41) is 4.90. The van der Waals surface area contributed by atoms with Crippen LogP contribution in [0.1, 0.15) is 18.9 Å². The van der Waals surface area contributed by atoms with Crippen molar-refractivity contribution >= 4 is 29.6 Å². The number of nitrogens with one attached hydrogen (secondary N) is 2. The zero-order chi connectivity index (χ0) is 15.4. The quantitative estimate of drug-likeness (QED) is 0.646. The van der Waals surface area contributed by atoms with E-state index in [2.05, 4.69) is 10.6 Å². The van der Waals surface area contributed by atoms with Crippen LogP contribution in [0.2, 0.25) is 5.02 Å². The van der Waals surface area contributed by atoms with Crippen LogP contribution in [0, 0.1) is 0 Å². The molecule has 1 aliphatic rings. The molecule has 0 spiro atoms. The molecule has 1 fully saturated rings. The van der Waals surface area contributed by atoms with Crippen molar-refractivity contribution in [1.82, 2.24) is 10.6 Å². The van der Waals surface area contributed by atoms with Crippen molar-refractivity contribution in [3.8, 4) is 11.5 Å². The van der Waals surface area contributed by atoms with E-state index in [1.807, 2.05) is 6.92 Å². The molecule has 21 heavy (non-hydrogen) atoms. The lowest BCUT2D eigenvalue weighted by Crippen LogP contribution is -2.22. The number of halogens is 1. The van der Waals surface area contributed by atoms with E-state index in [1.54, 1.807) is 12.1 Å². The Kier molecular flexibility index (Phi) is 4.70. The second-order valence-corrected chi connectivity index (χ2v) is 4.76. The first-order valence-electron chi connectivity index (χ1n) is 6.39. The lowest BCUT2D eigenvalue weighted by molar-refractivity contribution is -0.115. The Labute approximate surface area is 127 Å². The highest BCUT2D eigenvalue weighted by Crippen LogP contribution is 2.37. The molecule has 2 N–H and O–H groups in total. The molecule has 1 aromatic rings. The standard InChI is InChI=1S/C14H15ClN2O4/c1-3-4-21-12-9(15)5-8(7-11(12)20-2)6-10-13(18)17-14(19)16-10/h5-7H,3-4H2,1-2H3,(H2,16,17,18,19)/b10-6-. The van der Waals surface area contributed by atoms with E-state index in [1.165, 1.54) is 13.2 Å². The average Bonchev–Trinajstić information content (AvgIpc) is 2.75. The summed E-state index contributed by atoms with van der Waals surface area (Å²) in [5.41, 5.74) is 0.772. The maximum absolute atomic E-state index is 11.5. The zero-order valence-corrected chi connectivity index (χ0v) is 12.4. The molecule has 7 heteroatoms. The first kappa shape index (κ1) is 15.2. The van der Waals surface area contributed by atoms with Gasteiger partial charge in [0, 0.05) is 0 Å². The number of methoxy groups -OCH3 is 1. The molecule has 1 saturated heterocycles. The Balaban J connectivity index is 2.34. The summed E-state index contributed by atoms with van der Waals surface area (Å²) >= 11 is 6.18. The van der Waals surface area contributed by atoms with Gasteiger partial charge in [0.05, 0.1) is 18.7 Å². The molecule has 0 bridgehead atoms. The van der Waals surface area contributed by atoms with Gasteiger partial charge in [-0.1, -0.05) is 18.5 Å². The van der Waals surface area contributed by atoms with Crippen LogP contribution in [-0.2, 0) is 4.79 Å². The average molecular weight is 311 g/mol. The Hall–Kier alpha value is -2.21. The summed E-state index contributed by atoms with van der Waals surface area (Å²) in [4.78, 5) is 22.5. The summed E-state index contributed by atoms with van der Waals surface area (Å²) in [6.45, 7) is 2.51. The van der Waals surface area contributed by atoms with Gasteiger partial charge in [0.25, 0.3) is 5.91 Å². The molecule has 2 rings (SSSR count). The predicted octanol–water partition coefficient (Wildman–Crippen LogP) is 2.32. The minimum absolute atomic E-state index is 0.153. The maximum atomic E-state index is 11.5. The van der Waals surface area contributed by atoms with Crippen LogP contribution in [0.5, 0.6) is 11.5 Å². The number of imide groups is 1. The molecule has 6 nitrogen and oxygen atoms in total. The monoisotopic (exact) mass is 310 g/mol. The number of rotatable bonds is 5. The Morgan fingerprint density at radius 1 is 1.29 bits per heavy atom. The first-order valence-corrected chi connectivity index (χ1v) is 6.77. The number of amides is 3. The van der Waals surface area contributed by atoms with Crippen LogP contribution >= 0.6 is 11.6 Å². The largest absolute Gasteiger partial charge is 0.493 e. The number of carbonyl (C=O) groups excluding carboxylic acids is 2. The molecule has 0 aromatic heterocycles. The Morgan fingerprint density at radius 3 is 2.62 bits per heavy atom. The van der Waals surface area contributed by atoms with Crippen LogP contribution < -0.4 is 20.1 Å². The van der Waals surface area contributed by atoms with E-state index in [0.717, 1.165) is 6.42 Å². The van der Waals surface area contributed by atoms with E-state index >= 15 is 0 Å². The van der Waals surface area contributed by atoms with Gasteiger partial charge in [-0.05, 0) is 30.2 Å². The number of urea groups is 1. The molecule has 0 aliphatic carbocycles. The fraction of sp³-hybridized carbons (Fsp3) is 0.286. The molecule has 0 saturated carbocycles. The molecule has 0 radical (unpaired) electrons. The van der Waals surface area contributed by atoms with E-state index < -0.39 is 11.9 Å². The van der Waals surface area contributed by atoms with E-state index in [4.69, 9.17) is 21.1 Å². The van der Waals surface area contributed by atoms with Crippen LogP contribution in [0.3, 0.4) is 0 Å². The number of hydrogen-bond acceptors (Lipinski definition) is 4. The van der Waals surface area contributed by atoms with Gasteiger partial charge in [0.2, 0.25) is 0 Å². The maximum Gasteiger partial charge on any atom is 0.326 e. The number of hydrogen-bond donors (Lipinski definition) is 2. The van der Waals surface area contributed by atoms with Crippen LogP contribution in [0.25, 0.3) is 6.08 Å². The van der Waals surface area contributed by atoms with Gasteiger partial charge < -0.3 is 14.8 Å². The highest BCUT2D eigenvalue weighted by Gasteiger charge is 2.23. The summed E-state index contributed by atoms with van der Waals surface area (Å²) in [5.74, 6) is 0.442. The van der Waals surface area contributed by atoms with E-state index in [9.17, 15) is 9.59 Å². The van der Waals surface area contributed by atoms with E-state index in [-0.39, 0.29) is 5.70 Å². The topological polar surface area (TPSA) is 76.7 Å². The molecular weight excluding hydrogens is 296 g/mol. The second kappa shape index (κ2) is 6.49. The third-order valence-electron chi connectivity index (χ3n) is 2.73. The van der Waals surface area contributed by atoms with Gasteiger partial charge in [0.1, 0.15) is 5.70 Å². The highest BCUT2D eigenvalue weighted by molar-refractivity contribution is 6.32. The Morgan fingerprint density at radius 2 is 2.05 bits per heavy atom. The van der Waals surface area contributed by atoms with Gasteiger partial charge in [-0.2, -0.15) is 0 Å². The lowest BCUT2D eigenvalue weighted by atomic mass is 10.1. The molecule has 1 aromatic carbocycles. The van der Waals surface area contributed by atoms with Crippen molar-refractivity contribution in [1.29, 1.82) is 0 Å². The minimum atomic E-state index is -0.549. The van der Waals surface area contributed by atoms with Crippen LogP contribution in [0.15, 0.2) is 17.8 Å². The molecule has 0 atom stereocenters. The smallest absolute Gasteiger partial charge is 0.326 e. The van der Waals surface area contributed by atoms with Gasteiger partial charge in [-0.3, -0.25) is 10.1 Å². The first-order chi connectivity index (χ1) is 10.0. The fourth-order valence-corrected chi connectivity index (χ4v) is 2.09. The van der Waals surface area contributed by atoms with Crippen LogP contribution in [-0.4, -0.2) is 25.7 Å². The van der Waals surface area contributed by atoms with E-state index in [0.29, 0.717) is 28.7 Å². The van der Waals surface area contributed by atoms with Crippen molar-refractivity contribution in [2.24, 2.45) is 0 Å². The summed E-state index contributed by atoms with van der Waals surface area (Å²) in [6.07, 6.45) is 2.36. The van der Waals surface area contributed by atoms with Crippen molar-refractivity contribution < 1.29 is 19.1 Å². The van der Waals surface area contributed by atoms with Gasteiger partial charge in [-0.15, -0.1) is 0 Å². The van der Waals surface area contributed by atoms with Crippen molar-refractivity contribution in [3.05, 3.63) is 28.4 Å². The predicted molar refractivity (Wildman–Crippen MR) is 78.4 cm³/mol. The molecule has 0 unspecified atom stereocenters. The van der Waals surface area contributed by atoms with Gasteiger partial charge >= 0.3 is 6.03 Å². The summed E-state index contributed by atoms with van der Waals surface area (Å²) in [7, 11) is 1.51. The van der Waals surface area contributed by atoms with Crippen molar-refractivity contribution in [2.75, 3.05) is 13.7 Å². The zero-order valence-electron chi connectivity index (χ0n) is 11.7. The molecular formula is C14H15ClN2O4. The molecule has 112 valence electrons. The summed E-state index contributed by atoms with van der Waals surface area (Å²) in [6, 6.07) is 2.77. The van der Waals surface area contributed by atoms with Crippen molar-refractivity contribution in [3.63, 3.8) is 0 Å². The van der Waals surface area contributed by atoms with Gasteiger partial charge in [-0.25, -0.2) is 4.79 Å². The molecule has 1 aliphatic heterocycles. The SMILES string of the molecule is CCCOc1c(Cl)cc(/C=C2\NC(=O)NC2=O)cc1OC. The Bertz CT molecular complexity index is 613. The second-order valence-electron chi connectivity index (χ2n) is 4.35. The normalized spacial score (nSPS) is 15.9. The third-order valence-corrected chi connectivity index (χ3v) is 3.01. The number of carbonyl (C=O) groups is 2. The summed E-state index contributed by atoms with van der Waals surface area (Å²) < 4.78 is 10.8. The van der Waals surface area contributed by atoms with Crippen molar-refractivity contribution in [2.45, 2.75) is 13.3 Å². The third kappa shape index (κ3) is 3.46. The molecule has 1 heterocycles. The minimum Gasteiger partial charge on any atom is -0.493 e.